The van der Waals surface area contributed by atoms with Gasteiger partial charge in [0.15, 0.2) is 0 Å². The maximum absolute atomic E-state index is 13.5. The monoisotopic (exact) mass is 391 g/mol. The van der Waals surface area contributed by atoms with E-state index in [1.807, 2.05) is 0 Å². The van der Waals surface area contributed by atoms with E-state index >= 15 is 0 Å². The first-order valence-corrected chi connectivity index (χ1v) is 8.03. The summed E-state index contributed by atoms with van der Waals surface area (Å²) in [5.74, 6) is -4.82. The van der Waals surface area contributed by atoms with E-state index in [1.54, 1.807) is 18.2 Å². The summed E-state index contributed by atoms with van der Waals surface area (Å²) in [5, 5.41) is 22.3. The van der Waals surface area contributed by atoms with Crippen LogP contribution in [0.2, 0.25) is 0 Å². The standard InChI is InChI=1S/C18H15F2N3O5/c1-28-11-3-4-12-13(6-11)23(8-15(25)26)22-16(12)17(27)10-2-5-14(21-7-10)18(19,20)9-24/h2-7,24H,8-9H2,1H3,(H,25,26). The second kappa shape index (κ2) is 7.31. The first-order valence-electron chi connectivity index (χ1n) is 8.03. The number of halogens is 2. The van der Waals surface area contributed by atoms with Crippen LogP contribution in [0.25, 0.3) is 10.9 Å². The van der Waals surface area contributed by atoms with Gasteiger partial charge in [-0.3, -0.25) is 19.3 Å². The molecule has 1 aromatic carbocycles. The third kappa shape index (κ3) is 3.54. The van der Waals surface area contributed by atoms with E-state index in [0.29, 0.717) is 16.7 Å². The third-order valence-corrected chi connectivity index (χ3v) is 4.06. The average Bonchev–Trinajstić information content (AvgIpc) is 3.04. The van der Waals surface area contributed by atoms with Crippen molar-refractivity contribution in [2.75, 3.05) is 13.7 Å². The molecule has 0 aliphatic carbocycles. The molecule has 0 saturated heterocycles. The number of ether oxygens (including phenoxy) is 1. The van der Waals surface area contributed by atoms with E-state index < -0.39 is 36.5 Å². The van der Waals surface area contributed by atoms with Crippen LogP contribution in [0.15, 0.2) is 36.5 Å². The van der Waals surface area contributed by atoms with Crippen LogP contribution in [0, 0.1) is 0 Å². The van der Waals surface area contributed by atoms with Gasteiger partial charge < -0.3 is 14.9 Å². The SMILES string of the molecule is COc1ccc2c(C(=O)c3ccc(C(F)(F)CO)nc3)nn(CC(=O)O)c2c1. The molecule has 3 aromatic rings. The van der Waals surface area contributed by atoms with Crippen molar-refractivity contribution < 1.29 is 33.3 Å². The normalized spacial score (nSPS) is 11.6. The van der Waals surface area contributed by atoms with Crippen molar-refractivity contribution in [2.24, 2.45) is 0 Å². The van der Waals surface area contributed by atoms with Crippen molar-refractivity contribution in [1.29, 1.82) is 0 Å². The van der Waals surface area contributed by atoms with E-state index in [-0.39, 0.29) is 11.3 Å². The van der Waals surface area contributed by atoms with E-state index in [0.717, 1.165) is 23.0 Å². The lowest BCUT2D eigenvalue weighted by Gasteiger charge is -2.12. The molecule has 8 nitrogen and oxygen atoms in total. The zero-order valence-electron chi connectivity index (χ0n) is 14.6. The Kier molecular flexibility index (Phi) is 5.06. The highest BCUT2D eigenvalue weighted by Gasteiger charge is 2.32. The molecule has 10 heteroatoms. The van der Waals surface area contributed by atoms with Gasteiger partial charge in [-0.25, -0.2) is 0 Å². The van der Waals surface area contributed by atoms with Crippen molar-refractivity contribution in [3.8, 4) is 5.75 Å². The van der Waals surface area contributed by atoms with Crippen LogP contribution in [0.1, 0.15) is 21.7 Å². The number of carbonyl (C=O) groups is 2. The summed E-state index contributed by atoms with van der Waals surface area (Å²) in [7, 11) is 1.44. The van der Waals surface area contributed by atoms with Gasteiger partial charge in [0.05, 0.1) is 12.6 Å². The maximum atomic E-state index is 13.5. The number of aliphatic carboxylic acids is 1. The van der Waals surface area contributed by atoms with Gasteiger partial charge in [0.2, 0.25) is 5.78 Å². The number of rotatable bonds is 7. The molecule has 0 aliphatic heterocycles. The van der Waals surface area contributed by atoms with Gasteiger partial charge in [-0.15, -0.1) is 0 Å². The largest absolute Gasteiger partial charge is 0.497 e. The molecular formula is C18H15F2N3O5. The van der Waals surface area contributed by atoms with Gasteiger partial charge in [0.25, 0.3) is 0 Å². The van der Waals surface area contributed by atoms with Crippen molar-refractivity contribution in [3.05, 3.63) is 53.5 Å². The minimum absolute atomic E-state index is 0.00446. The minimum Gasteiger partial charge on any atom is -0.497 e. The molecular weight excluding hydrogens is 376 g/mol. The molecule has 28 heavy (non-hydrogen) atoms. The fourth-order valence-electron chi connectivity index (χ4n) is 2.66. The van der Waals surface area contributed by atoms with Crippen LogP contribution in [-0.4, -0.2) is 50.4 Å². The van der Waals surface area contributed by atoms with Crippen LogP contribution < -0.4 is 4.74 Å². The number of hydrogen-bond donors (Lipinski definition) is 2. The lowest BCUT2D eigenvalue weighted by molar-refractivity contribution is -0.137. The summed E-state index contributed by atoms with van der Waals surface area (Å²) in [4.78, 5) is 27.5. The molecule has 0 fully saturated rings. The zero-order valence-corrected chi connectivity index (χ0v) is 14.6. The highest BCUT2D eigenvalue weighted by Crippen LogP contribution is 2.27. The van der Waals surface area contributed by atoms with Gasteiger partial charge in [-0.05, 0) is 24.3 Å². The fourth-order valence-corrected chi connectivity index (χ4v) is 2.66. The number of benzene rings is 1. The molecule has 0 aliphatic rings. The number of pyridine rings is 1. The molecule has 146 valence electrons. The van der Waals surface area contributed by atoms with Gasteiger partial charge in [-0.2, -0.15) is 13.9 Å². The number of aliphatic hydroxyl groups excluding tert-OH is 1. The molecule has 2 heterocycles. The zero-order chi connectivity index (χ0) is 20.5. The fraction of sp³-hybridized carbons (Fsp3) is 0.222. The highest BCUT2D eigenvalue weighted by molar-refractivity contribution is 6.14. The molecule has 0 spiro atoms. The summed E-state index contributed by atoms with van der Waals surface area (Å²) < 4.78 is 33.2. The highest BCUT2D eigenvalue weighted by atomic mass is 19.3. The molecule has 0 saturated carbocycles. The maximum Gasteiger partial charge on any atom is 0.325 e. The number of ketones is 1. The predicted molar refractivity (Wildman–Crippen MR) is 92.6 cm³/mol. The Morgan fingerprint density at radius 2 is 2.00 bits per heavy atom. The number of hydrogen-bond acceptors (Lipinski definition) is 6. The van der Waals surface area contributed by atoms with Crippen LogP contribution in [0.3, 0.4) is 0 Å². The lowest BCUT2D eigenvalue weighted by Crippen LogP contribution is -2.20. The number of aliphatic hydroxyl groups is 1. The number of carboxylic acid groups (broad SMARTS) is 1. The molecule has 0 atom stereocenters. The van der Waals surface area contributed by atoms with Crippen molar-refractivity contribution in [3.63, 3.8) is 0 Å². The third-order valence-electron chi connectivity index (χ3n) is 4.06. The predicted octanol–water partition coefficient (Wildman–Crippen LogP) is 1.84. The Hall–Kier alpha value is -3.40. The quantitative estimate of drug-likeness (QED) is 0.591. The summed E-state index contributed by atoms with van der Waals surface area (Å²) in [6.45, 7) is -1.88. The molecule has 2 N–H and O–H groups in total. The molecule has 0 amide bonds. The summed E-state index contributed by atoms with van der Waals surface area (Å²) in [5.41, 5.74) is -0.336. The summed E-state index contributed by atoms with van der Waals surface area (Å²) in [6.07, 6.45) is 0.965. The van der Waals surface area contributed by atoms with Crippen LogP contribution >= 0.6 is 0 Å². The Morgan fingerprint density at radius 3 is 2.57 bits per heavy atom. The molecule has 0 unspecified atom stereocenters. The number of alkyl halides is 2. The summed E-state index contributed by atoms with van der Waals surface area (Å²) in [6, 6.07) is 6.80. The number of nitrogens with zero attached hydrogens (tertiary/aromatic N) is 3. The summed E-state index contributed by atoms with van der Waals surface area (Å²) >= 11 is 0. The Bertz CT molecular complexity index is 1050. The van der Waals surface area contributed by atoms with Crippen molar-refractivity contribution in [2.45, 2.75) is 12.5 Å². The number of aromatic nitrogens is 3. The second-order valence-electron chi connectivity index (χ2n) is 5.91. The van der Waals surface area contributed by atoms with Crippen molar-refractivity contribution >= 4 is 22.7 Å². The second-order valence-corrected chi connectivity index (χ2v) is 5.91. The molecule has 2 aromatic heterocycles. The Labute approximate surface area is 157 Å². The van der Waals surface area contributed by atoms with Gasteiger partial charge >= 0.3 is 11.9 Å². The first kappa shape index (κ1) is 19.4. The Morgan fingerprint density at radius 1 is 1.25 bits per heavy atom. The van der Waals surface area contributed by atoms with E-state index in [4.69, 9.17) is 14.9 Å². The van der Waals surface area contributed by atoms with Crippen LogP contribution in [0.5, 0.6) is 5.75 Å². The van der Waals surface area contributed by atoms with E-state index in [9.17, 15) is 18.4 Å². The number of carbonyl (C=O) groups excluding carboxylic acids is 1. The van der Waals surface area contributed by atoms with Crippen LogP contribution in [0.4, 0.5) is 8.78 Å². The van der Waals surface area contributed by atoms with Crippen LogP contribution in [-0.2, 0) is 17.3 Å². The van der Waals surface area contributed by atoms with E-state index in [1.165, 1.54) is 7.11 Å². The first-order chi connectivity index (χ1) is 13.3. The topological polar surface area (TPSA) is 115 Å². The smallest absolute Gasteiger partial charge is 0.325 e. The average molecular weight is 391 g/mol. The van der Waals surface area contributed by atoms with Gasteiger partial charge in [-0.1, -0.05) is 0 Å². The molecule has 0 radical (unpaired) electrons. The lowest BCUT2D eigenvalue weighted by atomic mass is 10.1. The Balaban J connectivity index is 2.05. The minimum atomic E-state index is -3.52. The molecule has 0 bridgehead atoms. The number of carboxylic acids is 1. The van der Waals surface area contributed by atoms with Crippen molar-refractivity contribution in [1.82, 2.24) is 14.8 Å². The van der Waals surface area contributed by atoms with Gasteiger partial charge in [0.1, 0.15) is 30.3 Å². The molecule has 3 rings (SSSR count). The number of methoxy groups -OCH3 is 1. The van der Waals surface area contributed by atoms with Gasteiger partial charge in [0, 0.05) is 23.2 Å². The van der Waals surface area contributed by atoms with E-state index in [2.05, 4.69) is 10.1 Å². The number of fused-ring (bicyclic) bond motifs is 1.